The summed E-state index contributed by atoms with van der Waals surface area (Å²) in [5.74, 6) is 4.24. The van der Waals surface area contributed by atoms with Crippen LogP contribution >= 0.6 is 0 Å². The highest BCUT2D eigenvalue weighted by Crippen LogP contribution is 2.94. The van der Waals surface area contributed by atoms with Crippen LogP contribution in [0.1, 0.15) is 157 Å². The molecule has 2 amide bonds. The lowest BCUT2D eigenvalue weighted by molar-refractivity contribution is 0.0972. The van der Waals surface area contributed by atoms with Gasteiger partial charge in [0.15, 0.2) is 44.8 Å². The third-order valence-electron chi connectivity index (χ3n) is 23.3. The van der Waals surface area contributed by atoms with Gasteiger partial charge in [0.2, 0.25) is 11.8 Å². The van der Waals surface area contributed by atoms with Crippen LogP contribution in [0.4, 0.5) is 23.3 Å². The summed E-state index contributed by atoms with van der Waals surface area (Å²) in [6.07, 6.45) is 22.1. The molecular formula is C71H84N14O10S2. The standard InChI is InChI=1S/C39H45N7O5S.C32H39N7O5S/c1-37(2)23-27-9-6-20-40-34-29(51-25-26-7-4-3-5-8-26)11-13-33(42-34)52(48,49)44-36(47)28-10-12-31(41-35(28)45(37)24-27)46-21-14-32(43-46)50-22-15-30-38(16-17-38)39(30)18-19-39;1-30(2)18-20-4-3-15-33-27-22(40)6-8-26(35-27)45(42,43)37-29(41)21-5-7-24(34-28(21)38(30)19-20)39-16-9-25(36-39)44-17-10-23-31(11-12-31)32(23)13-14-32/h3-5,7-8,10-14,21,27,30H,6,9,15-20,22-25H2,1-2H3,(H,40,42)(H,44,47);5-9,16,20,23,40H,3-4,10-15,17-19H2,1-2H3,(H,33,35)(H,37,41)/t27-;20-/m00/s1. The Kier molecular flexibility index (Phi) is 15.2. The smallest absolute Gasteiger partial charge is 0.281 e. The number of ether oxygens (including phenoxy) is 3. The van der Waals surface area contributed by atoms with Crippen LogP contribution in [0.5, 0.6) is 23.3 Å². The summed E-state index contributed by atoms with van der Waals surface area (Å²) >= 11 is 0. The van der Waals surface area contributed by atoms with Crippen LogP contribution in [0.15, 0.2) is 113 Å². The quantitative estimate of drug-likeness (QED) is 0.0717. The third kappa shape index (κ3) is 11.6. The van der Waals surface area contributed by atoms with Gasteiger partial charge in [-0.3, -0.25) is 9.59 Å². The van der Waals surface area contributed by atoms with E-state index in [0.717, 1.165) is 68.8 Å². The summed E-state index contributed by atoms with van der Waals surface area (Å²) in [5.41, 5.74) is 3.22. The van der Waals surface area contributed by atoms with E-state index in [4.69, 9.17) is 24.2 Å². The van der Waals surface area contributed by atoms with Crippen LogP contribution in [0, 0.1) is 45.3 Å². The first-order valence-corrected chi connectivity index (χ1v) is 37.5. The molecular weight excluding hydrogens is 1270 g/mol. The highest BCUT2D eigenvalue weighted by Gasteiger charge is 2.86. The SMILES string of the molecule is CC1(C)C[C@@H]2CCCNc3nc(ccc3O)S(=O)(=O)NC(=O)c3ccc(-n4ccc(OCCC5C6(CC6)C56CC6)n4)nc3N1C2.CC1(C)C[C@@H]2CCCNc3nc(ccc3OCc3ccccc3)S(=O)(=O)NC(=O)c3ccc(-n4ccc(OCCC5C6(CC6)C56CC6)n4)nc3N1C2. The van der Waals surface area contributed by atoms with Crippen LogP contribution in [0.3, 0.4) is 0 Å². The molecule has 24 nitrogen and oxygen atoms in total. The number of pyridine rings is 4. The van der Waals surface area contributed by atoms with E-state index in [1.165, 1.54) is 69.6 Å². The second kappa shape index (κ2) is 23.3. The van der Waals surface area contributed by atoms with Gasteiger partial charge in [0.1, 0.15) is 18.2 Å². The monoisotopic (exact) mass is 1360 g/mol. The first kappa shape index (κ1) is 63.2. The summed E-state index contributed by atoms with van der Waals surface area (Å²) in [5, 5.41) is 25.2. The average Bonchev–Trinajstić information content (AvgIpc) is 1.45. The molecule has 5 N–H and O–H groups in total. The maximum atomic E-state index is 13.9. The van der Waals surface area contributed by atoms with Crippen LogP contribution < -0.4 is 44.1 Å². The number of carbonyl (C=O) groups is 2. The number of amides is 2. The van der Waals surface area contributed by atoms with Crippen molar-refractivity contribution in [2.24, 2.45) is 45.3 Å². The molecule has 6 saturated carbocycles. The van der Waals surface area contributed by atoms with Crippen molar-refractivity contribution in [2.45, 2.75) is 158 Å². The van der Waals surface area contributed by atoms with E-state index >= 15 is 0 Å². The largest absolute Gasteiger partial charge is 0.504 e. The number of hydrogen-bond donors (Lipinski definition) is 5. The molecule has 10 aliphatic rings. The predicted octanol–water partition coefficient (Wildman–Crippen LogP) is 10.4. The van der Waals surface area contributed by atoms with Crippen LogP contribution in [0.25, 0.3) is 11.6 Å². The molecule has 8 fully saturated rings. The van der Waals surface area contributed by atoms with Crippen molar-refractivity contribution in [3.05, 3.63) is 120 Å². The van der Waals surface area contributed by atoms with Crippen molar-refractivity contribution in [1.82, 2.24) is 48.9 Å². The molecule has 97 heavy (non-hydrogen) atoms. The van der Waals surface area contributed by atoms with Gasteiger partial charge in [-0.25, -0.2) is 38.7 Å². The summed E-state index contributed by atoms with van der Waals surface area (Å²) in [6.45, 7) is 12.5. The molecule has 8 bridgehead atoms. The zero-order valence-electron chi connectivity index (χ0n) is 55.3. The predicted molar refractivity (Wildman–Crippen MR) is 361 cm³/mol. The van der Waals surface area contributed by atoms with E-state index in [1.807, 2.05) is 48.7 Å². The number of aromatic nitrogens is 8. The molecule has 510 valence electrons. The number of hydrogen-bond acceptors (Lipinski definition) is 20. The molecule has 2 saturated heterocycles. The highest BCUT2D eigenvalue weighted by atomic mass is 32.2. The molecule has 17 rings (SSSR count). The zero-order chi connectivity index (χ0) is 66.9. The maximum Gasteiger partial charge on any atom is 0.281 e. The normalized spacial score (nSPS) is 24.0. The molecule has 10 heterocycles. The lowest BCUT2D eigenvalue weighted by atomic mass is 9.93. The van der Waals surface area contributed by atoms with Gasteiger partial charge >= 0.3 is 0 Å². The fraction of sp³-hybridized carbons (Fsp3) is 0.521. The Labute approximate surface area is 565 Å². The van der Waals surface area contributed by atoms with Crippen LogP contribution in [-0.4, -0.2) is 124 Å². The number of anilines is 4. The molecule has 1 aromatic carbocycles. The van der Waals surface area contributed by atoms with Crippen molar-refractivity contribution in [3.8, 4) is 34.9 Å². The van der Waals surface area contributed by atoms with Gasteiger partial charge in [-0.2, -0.15) is 16.8 Å². The maximum absolute atomic E-state index is 13.9. The summed E-state index contributed by atoms with van der Waals surface area (Å²) in [7, 11) is -8.71. The topological polar surface area (TPSA) is 292 Å². The Morgan fingerprint density at radius 1 is 0.536 bits per heavy atom. The number of carbonyl (C=O) groups excluding carboxylic acids is 2. The Morgan fingerprint density at radius 3 is 1.46 bits per heavy atom. The second-order valence-corrected chi connectivity index (χ2v) is 33.3. The Hall–Kier alpha value is -8.52. The molecule has 4 spiro atoms. The van der Waals surface area contributed by atoms with Crippen molar-refractivity contribution in [1.29, 1.82) is 0 Å². The van der Waals surface area contributed by atoms with Gasteiger partial charge in [0.05, 0.1) is 24.3 Å². The molecule has 2 atom stereocenters. The van der Waals surface area contributed by atoms with Crippen molar-refractivity contribution in [2.75, 3.05) is 59.8 Å². The summed E-state index contributed by atoms with van der Waals surface area (Å²) in [6, 6.07) is 25.3. The summed E-state index contributed by atoms with van der Waals surface area (Å²) in [4.78, 5) is 50.3. The van der Waals surface area contributed by atoms with E-state index < -0.39 is 31.9 Å². The number of rotatable bonds is 13. The molecule has 6 aliphatic carbocycles. The Bertz CT molecular complexity index is 4450. The van der Waals surface area contributed by atoms with Gasteiger partial charge in [0.25, 0.3) is 31.9 Å². The van der Waals surface area contributed by atoms with E-state index in [9.17, 15) is 31.5 Å². The minimum absolute atomic E-state index is 0.0639. The van der Waals surface area contributed by atoms with Gasteiger partial charge in [-0.15, -0.1) is 10.2 Å². The summed E-state index contributed by atoms with van der Waals surface area (Å²) < 4.78 is 79.8. The zero-order valence-corrected chi connectivity index (χ0v) is 56.9. The molecule has 0 radical (unpaired) electrons. The highest BCUT2D eigenvalue weighted by molar-refractivity contribution is 7.90. The number of sulfonamides is 2. The molecule has 4 aliphatic heterocycles. The number of nitrogens with zero attached hydrogens (tertiary/aromatic N) is 10. The lowest BCUT2D eigenvalue weighted by Crippen LogP contribution is -2.41. The first-order chi connectivity index (χ1) is 46.6. The number of aromatic hydroxyl groups is 1. The fourth-order valence-electron chi connectivity index (χ4n) is 18.0. The Balaban J connectivity index is 0.000000154. The van der Waals surface area contributed by atoms with Crippen molar-refractivity contribution in [3.63, 3.8) is 0 Å². The number of nitrogens with one attached hydrogen (secondary N) is 4. The van der Waals surface area contributed by atoms with Crippen LogP contribution in [-0.2, 0) is 26.7 Å². The third-order valence-corrected chi connectivity index (χ3v) is 25.7. The number of benzene rings is 1. The second-order valence-electron chi connectivity index (χ2n) is 30.1. The molecule has 6 aromatic heterocycles. The average molecular weight is 1360 g/mol. The van der Waals surface area contributed by atoms with E-state index in [2.05, 4.69) is 77.7 Å². The van der Waals surface area contributed by atoms with Gasteiger partial charge < -0.3 is 39.8 Å². The molecule has 7 aromatic rings. The lowest BCUT2D eigenvalue weighted by Gasteiger charge is -2.34. The molecule has 26 heteroatoms. The van der Waals surface area contributed by atoms with E-state index in [-0.39, 0.29) is 43.8 Å². The van der Waals surface area contributed by atoms with Gasteiger partial charge in [-0.1, -0.05) is 30.3 Å². The van der Waals surface area contributed by atoms with E-state index in [0.29, 0.717) is 126 Å². The number of fused-ring (bicyclic) bond motifs is 14. The molecule has 0 unspecified atom stereocenters. The minimum Gasteiger partial charge on any atom is -0.504 e. The Morgan fingerprint density at radius 2 is 0.990 bits per heavy atom. The van der Waals surface area contributed by atoms with E-state index in [1.54, 1.807) is 45.9 Å². The van der Waals surface area contributed by atoms with Crippen molar-refractivity contribution < 1.29 is 45.7 Å². The first-order valence-electron chi connectivity index (χ1n) is 34.5. The van der Waals surface area contributed by atoms with Crippen molar-refractivity contribution >= 4 is 55.1 Å². The van der Waals surface area contributed by atoms with Gasteiger partial charge in [0, 0.05) is 61.8 Å². The minimum atomic E-state index is -4.36. The van der Waals surface area contributed by atoms with Crippen LogP contribution in [0.2, 0.25) is 0 Å². The fourth-order valence-corrected chi connectivity index (χ4v) is 19.9. The van der Waals surface area contributed by atoms with Gasteiger partial charge in [-0.05, 0) is 230 Å².